The number of carbonyl (C=O) groups excluding carboxylic acids is 1. The maximum absolute atomic E-state index is 12.4. The summed E-state index contributed by atoms with van der Waals surface area (Å²) >= 11 is 0. The zero-order valence-corrected chi connectivity index (χ0v) is 14.8. The van der Waals surface area contributed by atoms with Crippen LogP contribution in [0.15, 0.2) is 29.2 Å². The fourth-order valence-corrected chi connectivity index (χ4v) is 3.49. The highest BCUT2D eigenvalue weighted by molar-refractivity contribution is 7.84. The van der Waals surface area contributed by atoms with Gasteiger partial charge in [-0.1, -0.05) is 6.42 Å². The molecule has 0 fully saturated rings. The van der Waals surface area contributed by atoms with Crippen molar-refractivity contribution in [1.29, 1.82) is 0 Å². The number of rotatable bonds is 4. The van der Waals surface area contributed by atoms with Gasteiger partial charge in [0, 0.05) is 40.5 Å². The van der Waals surface area contributed by atoms with Crippen LogP contribution in [0.4, 0.5) is 0 Å². The van der Waals surface area contributed by atoms with E-state index in [2.05, 4.69) is 20.1 Å². The molecule has 1 aliphatic rings. The van der Waals surface area contributed by atoms with Crippen molar-refractivity contribution in [2.45, 2.75) is 50.1 Å². The van der Waals surface area contributed by atoms with Crippen LogP contribution < -0.4 is 5.32 Å². The molecule has 3 rings (SSSR count). The normalized spacial score (nSPS) is 16.8. The molecule has 1 amide bonds. The van der Waals surface area contributed by atoms with Gasteiger partial charge >= 0.3 is 0 Å². The predicted molar refractivity (Wildman–Crippen MR) is 92.2 cm³/mol. The second-order valence-electron chi connectivity index (χ2n) is 6.11. The van der Waals surface area contributed by atoms with E-state index in [9.17, 15) is 9.00 Å². The van der Waals surface area contributed by atoms with Crippen LogP contribution in [0.1, 0.15) is 54.2 Å². The van der Waals surface area contributed by atoms with E-state index in [-0.39, 0.29) is 11.9 Å². The van der Waals surface area contributed by atoms with Crippen LogP contribution in [0.25, 0.3) is 0 Å². The topological polar surface area (TPSA) is 76.9 Å². The minimum atomic E-state index is -1.04. The summed E-state index contributed by atoms with van der Waals surface area (Å²) in [6.45, 7) is 2.84. The Kier molecular flexibility index (Phi) is 5.08. The van der Waals surface area contributed by atoms with Gasteiger partial charge < -0.3 is 9.88 Å². The molecule has 1 N–H and O–H groups in total. The van der Waals surface area contributed by atoms with E-state index in [1.54, 1.807) is 30.5 Å². The van der Waals surface area contributed by atoms with Crippen molar-refractivity contribution in [2.24, 2.45) is 0 Å². The number of fused-ring (bicyclic) bond motifs is 1. The number of hydrogen-bond donors (Lipinski definition) is 1. The highest BCUT2D eigenvalue weighted by atomic mass is 32.2. The summed E-state index contributed by atoms with van der Waals surface area (Å²) in [6.07, 6.45) is 6.03. The van der Waals surface area contributed by atoms with Crippen LogP contribution in [0, 0.1) is 0 Å². The summed E-state index contributed by atoms with van der Waals surface area (Å²) < 4.78 is 13.6. The third-order valence-electron chi connectivity index (χ3n) is 4.32. The third kappa shape index (κ3) is 3.56. The molecule has 0 radical (unpaired) electrons. The quantitative estimate of drug-likeness (QED) is 0.921. The van der Waals surface area contributed by atoms with Gasteiger partial charge in [0.1, 0.15) is 5.82 Å². The average molecular weight is 346 g/mol. The maximum Gasteiger partial charge on any atom is 0.251 e. The summed E-state index contributed by atoms with van der Waals surface area (Å²) in [5.41, 5.74) is 0.548. The van der Waals surface area contributed by atoms with Gasteiger partial charge in [0.15, 0.2) is 5.82 Å². The van der Waals surface area contributed by atoms with Crippen molar-refractivity contribution in [3.8, 4) is 0 Å². The summed E-state index contributed by atoms with van der Waals surface area (Å²) in [7, 11) is -1.04. The molecule has 128 valence electrons. The van der Waals surface area contributed by atoms with E-state index in [0.29, 0.717) is 10.5 Å². The van der Waals surface area contributed by atoms with Gasteiger partial charge in [0.05, 0.1) is 6.04 Å². The Bertz CT molecular complexity index is 754. The molecule has 0 spiro atoms. The van der Waals surface area contributed by atoms with Gasteiger partial charge in [0.25, 0.3) is 5.91 Å². The van der Waals surface area contributed by atoms with Gasteiger partial charge in [-0.15, -0.1) is 10.2 Å². The summed E-state index contributed by atoms with van der Waals surface area (Å²) in [5, 5.41) is 11.5. The molecular weight excluding hydrogens is 324 g/mol. The molecule has 2 heterocycles. The largest absolute Gasteiger partial charge is 0.342 e. The second-order valence-corrected chi connectivity index (χ2v) is 7.49. The third-order valence-corrected chi connectivity index (χ3v) is 5.26. The molecule has 7 heteroatoms. The smallest absolute Gasteiger partial charge is 0.251 e. The molecular formula is C17H22N4O2S. The highest BCUT2D eigenvalue weighted by Crippen LogP contribution is 2.19. The van der Waals surface area contributed by atoms with E-state index in [1.165, 1.54) is 6.42 Å². The molecule has 2 aromatic rings. The van der Waals surface area contributed by atoms with Gasteiger partial charge in [-0.05, 0) is 44.0 Å². The number of nitrogens with one attached hydrogen (secondary N) is 1. The minimum Gasteiger partial charge on any atom is -0.342 e. The standard InChI is InChI=1S/C17H22N4O2S/c1-12(16-20-19-15-6-4-3-5-11-21(15)16)18-17(22)13-7-9-14(10-8-13)24(2)23/h7-10,12H,3-6,11H2,1-2H3,(H,18,22)/t12-,24-/m1/s1. The lowest BCUT2D eigenvalue weighted by atomic mass is 10.2. The first-order valence-corrected chi connectivity index (χ1v) is 9.78. The number of aryl methyl sites for hydroxylation is 1. The molecule has 6 nitrogen and oxygen atoms in total. The summed E-state index contributed by atoms with van der Waals surface area (Å²) in [5.74, 6) is 1.66. The van der Waals surface area contributed by atoms with Crippen molar-refractivity contribution in [3.63, 3.8) is 0 Å². The lowest BCUT2D eigenvalue weighted by Crippen LogP contribution is -2.29. The maximum atomic E-state index is 12.4. The molecule has 0 saturated carbocycles. The Morgan fingerprint density at radius 3 is 2.67 bits per heavy atom. The fraction of sp³-hybridized carbons (Fsp3) is 0.471. The number of carbonyl (C=O) groups is 1. The second kappa shape index (κ2) is 7.25. The molecule has 1 aromatic carbocycles. The summed E-state index contributed by atoms with van der Waals surface area (Å²) in [4.78, 5) is 13.1. The zero-order valence-electron chi connectivity index (χ0n) is 14.0. The van der Waals surface area contributed by atoms with Crippen LogP contribution in [0.5, 0.6) is 0 Å². The average Bonchev–Trinajstić information content (AvgIpc) is 2.84. The van der Waals surface area contributed by atoms with Gasteiger partial charge in [-0.2, -0.15) is 0 Å². The lowest BCUT2D eigenvalue weighted by Gasteiger charge is -2.15. The van der Waals surface area contributed by atoms with Crippen LogP contribution in [0.2, 0.25) is 0 Å². The van der Waals surface area contributed by atoms with Crippen molar-refractivity contribution in [2.75, 3.05) is 6.26 Å². The van der Waals surface area contributed by atoms with Crippen LogP contribution in [0.3, 0.4) is 0 Å². The minimum absolute atomic E-state index is 0.165. The van der Waals surface area contributed by atoms with Crippen LogP contribution >= 0.6 is 0 Å². The van der Waals surface area contributed by atoms with E-state index < -0.39 is 10.8 Å². The Morgan fingerprint density at radius 2 is 1.96 bits per heavy atom. The number of aromatic nitrogens is 3. The van der Waals surface area contributed by atoms with Crippen LogP contribution in [-0.4, -0.2) is 31.1 Å². The van der Waals surface area contributed by atoms with Crippen molar-refractivity contribution in [1.82, 2.24) is 20.1 Å². The van der Waals surface area contributed by atoms with E-state index in [0.717, 1.165) is 37.5 Å². The number of benzene rings is 1. The molecule has 1 aliphatic heterocycles. The van der Waals surface area contributed by atoms with Gasteiger partial charge in [-0.3, -0.25) is 9.00 Å². The molecule has 1 aromatic heterocycles. The number of hydrogen-bond acceptors (Lipinski definition) is 4. The Morgan fingerprint density at radius 1 is 1.21 bits per heavy atom. The fourth-order valence-electron chi connectivity index (χ4n) is 2.97. The Labute approximate surface area is 144 Å². The van der Waals surface area contributed by atoms with E-state index in [4.69, 9.17) is 0 Å². The van der Waals surface area contributed by atoms with Crippen LogP contribution in [-0.2, 0) is 23.8 Å². The lowest BCUT2D eigenvalue weighted by molar-refractivity contribution is 0.0937. The molecule has 0 aliphatic carbocycles. The first-order chi connectivity index (χ1) is 11.6. The number of amides is 1. The summed E-state index contributed by atoms with van der Waals surface area (Å²) in [6, 6.07) is 6.63. The molecule has 0 unspecified atom stereocenters. The first kappa shape index (κ1) is 16.8. The van der Waals surface area contributed by atoms with Crippen molar-refractivity contribution in [3.05, 3.63) is 41.5 Å². The van der Waals surface area contributed by atoms with Gasteiger partial charge in [0.2, 0.25) is 0 Å². The SMILES string of the molecule is C[C@@H](NC(=O)c1ccc([S@@](C)=O)cc1)c1nnc2n1CCCCC2. The monoisotopic (exact) mass is 346 g/mol. The zero-order chi connectivity index (χ0) is 17.1. The van der Waals surface area contributed by atoms with Gasteiger partial charge in [-0.25, -0.2) is 0 Å². The Hall–Kier alpha value is -2.02. The molecule has 0 saturated heterocycles. The number of nitrogens with zero attached hydrogens (tertiary/aromatic N) is 3. The van der Waals surface area contributed by atoms with E-state index >= 15 is 0 Å². The predicted octanol–water partition coefficient (Wildman–Crippen LogP) is 2.23. The van der Waals surface area contributed by atoms with E-state index in [1.807, 2.05) is 6.92 Å². The first-order valence-electron chi connectivity index (χ1n) is 8.22. The van der Waals surface area contributed by atoms with Crippen molar-refractivity contribution < 1.29 is 9.00 Å². The Balaban J connectivity index is 1.72. The molecule has 24 heavy (non-hydrogen) atoms. The van der Waals surface area contributed by atoms with Crippen molar-refractivity contribution >= 4 is 16.7 Å². The highest BCUT2D eigenvalue weighted by Gasteiger charge is 2.21. The molecule has 0 bridgehead atoms. The molecule has 2 atom stereocenters.